The molecule has 2 heterocycles. The largest absolute Gasteiger partial charge is 0.331 e. The summed E-state index contributed by atoms with van der Waals surface area (Å²) in [6, 6.07) is 13.0. The Labute approximate surface area is 121 Å². The van der Waals surface area contributed by atoms with Crippen LogP contribution in [-0.4, -0.2) is 20.6 Å². The van der Waals surface area contributed by atoms with E-state index in [1.54, 1.807) is 0 Å². The molecule has 0 spiro atoms. The molecule has 0 saturated carbocycles. The van der Waals surface area contributed by atoms with Crippen molar-refractivity contribution in [2.24, 2.45) is 0 Å². The molecule has 0 aliphatic rings. The van der Waals surface area contributed by atoms with E-state index >= 15 is 0 Å². The first-order valence-corrected chi connectivity index (χ1v) is 6.62. The first-order chi connectivity index (χ1) is 10.2. The Morgan fingerprint density at radius 3 is 2.95 bits per heavy atom. The number of anilines is 1. The molecule has 0 radical (unpaired) electrons. The summed E-state index contributed by atoms with van der Waals surface area (Å²) in [4.78, 5) is 11.9. The highest BCUT2D eigenvalue weighted by molar-refractivity contribution is 5.89. The number of nitrogens with one attached hydrogen (secondary N) is 2. The summed E-state index contributed by atoms with van der Waals surface area (Å²) in [6.07, 6.45) is 1.87. The predicted octanol–water partition coefficient (Wildman–Crippen LogP) is 2.36. The van der Waals surface area contributed by atoms with E-state index in [-0.39, 0.29) is 6.03 Å². The van der Waals surface area contributed by atoms with Crippen LogP contribution in [-0.2, 0) is 6.54 Å². The summed E-state index contributed by atoms with van der Waals surface area (Å²) in [5, 5.41) is 13.6. The molecule has 2 N–H and O–H groups in total. The van der Waals surface area contributed by atoms with Crippen LogP contribution in [0.1, 0.15) is 11.4 Å². The number of hydrogen-bond acceptors (Lipinski definition) is 3. The summed E-state index contributed by atoms with van der Waals surface area (Å²) in [6.45, 7) is 2.29. The minimum Gasteiger partial charge on any atom is -0.331 e. The molecule has 0 saturated heterocycles. The van der Waals surface area contributed by atoms with E-state index in [9.17, 15) is 4.79 Å². The Morgan fingerprint density at radius 1 is 1.19 bits per heavy atom. The predicted molar refractivity (Wildman–Crippen MR) is 80.0 cm³/mol. The highest BCUT2D eigenvalue weighted by atomic mass is 16.2. The number of nitrogens with zero attached hydrogens (tertiary/aromatic N) is 3. The van der Waals surface area contributed by atoms with Crippen LogP contribution in [0.4, 0.5) is 10.5 Å². The zero-order valence-corrected chi connectivity index (χ0v) is 11.6. The number of carbonyl (C=O) groups is 1. The third-order valence-corrected chi connectivity index (χ3v) is 3.07. The Hall–Kier alpha value is -2.89. The number of fused-ring (bicyclic) bond motifs is 1. The molecular weight excluding hydrogens is 266 g/mol. The maximum Gasteiger partial charge on any atom is 0.319 e. The lowest BCUT2D eigenvalue weighted by atomic mass is 10.2. The normalized spacial score (nSPS) is 10.5. The number of benzene rings is 1. The van der Waals surface area contributed by atoms with Gasteiger partial charge in [-0.25, -0.2) is 4.79 Å². The van der Waals surface area contributed by atoms with Crippen molar-refractivity contribution in [1.29, 1.82) is 0 Å². The molecule has 1 aromatic carbocycles. The number of carbonyl (C=O) groups excluding carboxylic acids is 1. The quantitative estimate of drug-likeness (QED) is 0.774. The summed E-state index contributed by atoms with van der Waals surface area (Å²) in [5.74, 6) is 0.685. The average Bonchev–Trinajstić information content (AvgIpc) is 2.88. The molecule has 6 nitrogen and oxygen atoms in total. The summed E-state index contributed by atoms with van der Waals surface area (Å²) >= 11 is 0. The van der Waals surface area contributed by atoms with Gasteiger partial charge in [-0.05, 0) is 36.8 Å². The van der Waals surface area contributed by atoms with Crippen molar-refractivity contribution >= 4 is 17.4 Å². The fourth-order valence-electron chi connectivity index (χ4n) is 2.07. The Kier molecular flexibility index (Phi) is 3.51. The topological polar surface area (TPSA) is 71.3 Å². The zero-order chi connectivity index (χ0) is 14.7. The van der Waals surface area contributed by atoms with E-state index in [4.69, 9.17) is 0 Å². The Morgan fingerprint density at radius 2 is 2.10 bits per heavy atom. The van der Waals surface area contributed by atoms with Crippen molar-refractivity contribution < 1.29 is 4.79 Å². The molecule has 0 bridgehead atoms. The molecule has 0 fully saturated rings. The van der Waals surface area contributed by atoms with Crippen molar-refractivity contribution in [3.63, 3.8) is 0 Å². The van der Waals surface area contributed by atoms with Crippen molar-refractivity contribution in [3.05, 3.63) is 60.0 Å². The van der Waals surface area contributed by atoms with Crippen molar-refractivity contribution in [1.82, 2.24) is 19.9 Å². The first-order valence-electron chi connectivity index (χ1n) is 6.62. The van der Waals surface area contributed by atoms with Crippen molar-refractivity contribution in [3.8, 4) is 0 Å². The summed E-state index contributed by atoms with van der Waals surface area (Å²) in [7, 11) is 0. The maximum atomic E-state index is 11.9. The van der Waals surface area contributed by atoms with Crippen LogP contribution in [0.25, 0.3) is 5.65 Å². The van der Waals surface area contributed by atoms with Gasteiger partial charge in [0, 0.05) is 11.9 Å². The fraction of sp³-hybridized carbons (Fsp3) is 0.133. The molecule has 0 aliphatic carbocycles. The zero-order valence-electron chi connectivity index (χ0n) is 11.6. The van der Waals surface area contributed by atoms with Gasteiger partial charge in [0.25, 0.3) is 0 Å². The molecule has 21 heavy (non-hydrogen) atoms. The fourth-order valence-corrected chi connectivity index (χ4v) is 2.07. The van der Waals surface area contributed by atoms with Gasteiger partial charge in [-0.2, -0.15) is 0 Å². The van der Waals surface area contributed by atoms with E-state index in [0.717, 1.165) is 16.9 Å². The van der Waals surface area contributed by atoms with Crippen LogP contribution in [0.3, 0.4) is 0 Å². The number of hydrogen-bond donors (Lipinski definition) is 2. The molecule has 0 aliphatic heterocycles. The molecule has 0 unspecified atom stereocenters. The van der Waals surface area contributed by atoms with E-state index in [2.05, 4.69) is 20.8 Å². The van der Waals surface area contributed by atoms with Gasteiger partial charge in [-0.15, -0.1) is 10.2 Å². The number of aryl methyl sites for hydroxylation is 1. The minimum atomic E-state index is -0.270. The smallest absolute Gasteiger partial charge is 0.319 e. The molecule has 6 heteroatoms. The average molecular weight is 281 g/mol. The van der Waals surface area contributed by atoms with Crippen LogP contribution in [0, 0.1) is 6.92 Å². The van der Waals surface area contributed by atoms with Crippen LogP contribution in [0.15, 0.2) is 48.7 Å². The SMILES string of the molecule is Cc1cccc(NC(=O)NCc2nnc3ccccn23)c1. The number of pyridine rings is 1. The molecule has 2 amide bonds. The van der Waals surface area contributed by atoms with E-state index in [1.165, 1.54) is 0 Å². The minimum absolute atomic E-state index is 0.270. The monoisotopic (exact) mass is 281 g/mol. The second kappa shape index (κ2) is 5.62. The molecule has 106 valence electrons. The molecule has 2 aromatic heterocycles. The standard InChI is InChI=1S/C15H15N5O/c1-11-5-4-6-12(9-11)17-15(21)16-10-14-19-18-13-7-2-3-8-20(13)14/h2-9H,10H2,1H3,(H2,16,17,21). The lowest BCUT2D eigenvalue weighted by Crippen LogP contribution is -2.29. The van der Waals surface area contributed by atoms with E-state index in [1.807, 2.05) is 60.0 Å². The third-order valence-electron chi connectivity index (χ3n) is 3.07. The summed E-state index contributed by atoms with van der Waals surface area (Å²) < 4.78 is 1.84. The Balaban J connectivity index is 1.63. The molecular formula is C15H15N5O. The summed E-state index contributed by atoms with van der Waals surface area (Å²) in [5.41, 5.74) is 2.61. The number of aromatic nitrogens is 3. The lowest BCUT2D eigenvalue weighted by Gasteiger charge is -2.07. The molecule has 0 atom stereocenters. The lowest BCUT2D eigenvalue weighted by molar-refractivity contribution is 0.251. The van der Waals surface area contributed by atoms with Gasteiger partial charge in [-0.3, -0.25) is 4.40 Å². The maximum absolute atomic E-state index is 11.9. The number of urea groups is 1. The van der Waals surface area contributed by atoms with Crippen LogP contribution in [0.2, 0.25) is 0 Å². The second-order valence-electron chi connectivity index (χ2n) is 4.72. The van der Waals surface area contributed by atoms with Gasteiger partial charge in [-0.1, -0.05) is 18.2 Å². The van der Waals surface area contributed by atoms with Gasteiger partial charge in [0.1, 0.15) is 0 Å². The Bertz CT molecular complexity index is 780. The van der Waals surface area contributed by atoms with Crippen molar-refractivity contribution in [2.45, 2.75) is 13.5 Å². The number of amides is 2. The van der Waals surface area contributed by atoms with Crippen LogP contribution in [0.5, 0.6) is 0 Å². The van der Waals surface area contributed by atoms with Gasteiger partial charge < -0.3 is 10.6 Å². The van der Waals surface area contributed by atoms with Gasteiger partial charge in [0.15, 0.2) is 11.5 Å². The van der Waals surface area contributed by atoms with Crippen LogP contribution < -0.4 is 10.6 Å². The van der Waals surface area contributed by atoms with Gasteiger partial charge in [0.05, 0.1) is 6.54 Å². The molecule has 3 rings (SSSR count). The third kappa shape index (κ3) is 3.00. The van der Waals surface area contributed by atoms with E-state index < -0.39 is 0 Å². The van der Waals surface area contributed by atoms with E-state index in [0.29, 0.717) is 12.4 Å². The number of rotatable bonds is 3. The van der Waals surface area contributed by atoms with Gasteiger partial charge >= 0.3 is 6.03 Å². The second-order valence-corrected chi connectivity index (χ2v) is 4.72. The highest BCUT2D eigenvalue weighted by Gasteiger charge is 2.06. The molecule has 3 aromatic rings. The van der Waals surface area contributed by atoms with Crippen LogP contribution >= 0.6 is 0 Å². The van der Waals surface area contributed by atoms with Gasteiger partial charge in [0.2, 0.25) is 0 Å². The van der Waals surface area contributed by atoms with Crippen molar-refractivity contribution in [2.75, 3.05) is 5.32 Å². The highest BCUT2D eigenvalue weighted by Crippen LogP contribution is 2.09. The first kappa shape index (κ1) is 13.1.